The largest absolute Gasteiger partial charge is 0.391 e. The minimum atomic E-state index is -0.209. The van der Waals surface area contributed by atoms with Gasteiger partial charge in [-0.1, -0.05) is 11.3 Å². The van der Waals surface area contributed by atoms with Crippen molar-refractivity contribution in [2.24, 2.45) is 0 Å². The summed E-state index contributed by atoms with van der Waals surface area (Å²) in [4.78, 5) is 6.27. The van der Waals surface area contributed by atoms with Crippen molar-refractivity contribution in [2.45, 2.75) is 18.9 Å². The van der Waals surface area contributed by atoms with Crippen molar-refractivity contribution in [2.75, 3.05) is 23.7 Å². The first kappa shape index (κ1) is 8.77. The molecular weight excluding hydrogens is 186 g/mol. The Balaban J connectivity index is 2.08. The van der Waals surface area contributed by atoms with Gasteiger partial charge in [0.05, 0.1) is 12.3 Å². The first-order valence-corrected chi connectivity index (χ1v) is 5.21. The van der Waals surface area contributed by atoms with Crippen LogP contribution in [0.3, 0.4) is 0 Å². The Hall–Kier alpha value is -0.810. The topological polar surface area (TPSA) is 62.4 Å². The van der Waals surface area contributed by atoms with Crippen LogP contribution in [-0.4, -0.2) is 29.3 Å². The molecule has 1 aliphatic rings. The molecule has 1 aliphatic heterocycles. The third-order valence-corrected chi connectivity index (χ3v) is 3.07. The fraction of sp³-hybridized carbons (Fsp3) is 0.625. The Morgan fingerprint density at radius 2 is 2.54 bits per heavy atom. The monoisotopic (exact) mass is 199 g/mol. The second-order valence-corrected chi connectivity index (χ2v) is 4.33. The molecule has 1 atom stereocenters. The van der Waals surface area contributed by atoms with Gasteiger partial charge in [-0.05, 0) is 12.8 Å². The van der Waals surface area contributed by atoms with Crippen LogP contribution in [0.5, 0.6) is 0 Å². The molecule has 2 rings (SSSR count). The summed E-state index contributed by atoms with van der Waals surface area (Å²) < 4.78 is 0. The molecule has 5 heteroatoms. The number of hydrogen-bond donors (Lipinski definition) is 2. The number of β-amino-alcohol motifs (C(OH)–C–C–N with tert-alkyl or cyclic N) is 1. The minimum absolute atomic E-state index is 0.209. The van der Waals surface area contributed by atoms with Gasteiger partial charge in [-0.2, -0.15) is 0 Å². The first-order chi connectivity index (χ1) is 6.25. The SMILES string of the molecule is Nc1cnc(N2CCCC(O)C2)s1. The van der Waals surface area contributed by atoms with Gasteiger partial charge < -0.3 is 15.7 Å². The Morgan fingerprint density at radius 3 is 3.15 bits per heavy atom. The summed E-state index contributed by atoms with van der Waals surface area (Å²) in [7, 11) is 0. The van der Waals surface area contributed by atoms with Gasteiger partial charge in [0.1, 0.15) is 5.00 Å². The Kier molecular flexibility index (Phi) is 2.37. The number of aromatic nitrogens is 1. The highest BCUT2D eigenvalue weighted by Crippen LogP contribution is 2.26. The van der Waals surface area contributed by atoms with Crippen molar-refractivity contribution in [3.05, 3.63) is 6.20 Å². The van der Waals surface area contributed by atoms with Crippen LogP contribution in [-0.2, 0) is 0 Å². The van der Waals surface area contributed by atoms with Crippen molar-refractivity contribution in [3.8, 4) is 0 Å². The molecule has 2 heterocycles. The lowest BCUT2D eigenvalue weighted by Gasteiger charge is -2.29. The molecule has 1 unspecified atom stereocenters. The summed E-state index contributed by atoms with van der Waals surface area (Å²) in [6.45, 7) is 1.66. The molecule has 0 saturated carbocycles. The summed E-state index contributed by atoms with van der Waals surface area (Å²) in [5.74, 6) is 0. The molecule has 0 bridgehead atoms. The van der Waals surface area contributed by atoms with E-state index in [9.17, 15) is 5.11 Å². The first-order valence-electron chi connectivity index (χ1n) is 4.40. The van der Waals surface area contributed by atoms with E-state index in [4.69, 9.17) is 5.73 Å². The molecule has 0 aromatic carbocycles. The number of nitrogens with two attached hydrogens (primary N) is 1. The van der Waals surface area contributed by atoms with E-state index >= 15 is 0 Å². The molecule has 72 valence electrons. The van der Waals surface area contributed by atoms with Crippen LogP contribution in [0, 0.1) is 0 Å². The summed E-state index contributed by atoms with van der Waals surface area (Å²) in [6, 6.07) is 0. The molecule has 0 spiro atoms. The maximum absolute atomic E-state index is 9.45. The molecule has 1 fully saturated rings. The number of piperidine rings is 1. The van der Waals surface area contributed by atoms with Crippen molar-refractivity contribution in [1.29, 1.82) is 0 Å². The van der Waals surface area contributed by atoms with E-state index in [1.807, 2.05) is 0 Å². The van der Waals surface area contributed by atoms with E-state index in [1.54, 1.807) is 6.20 Å². The predicted octanol–water partition coefficient (Wildman–Crippen LogP) is 0.686. The Labute approximate surface area is 81.0 Å². The molecule has 0 radical (unpaired) electrons. The second kappa shape index (κ2) is 3.51. The van der Waals surface area contributed by atoms with E-state index in [2.05, 4.69) is 9.88 Å². The fourth-order valence-electron chi connectivity index (χ4n) is 1.55. The summed E-state index contributed by atoms with van der Waals surface area (Å²) in [5, 5.41) is 11.1. The van der Waals surface area contributed by atoms with Crippen molar-refractivity contribution >= 4 is 21.5 Å². The fourth-order valence-corrected chi connectivity index (χ4v) is 2.27. The summed E-state index contributed by atoms with van der Waals surface area (Å²) in [5.41, 5.74) is 5.59. The van der Waals surface area contributed by atoms with Gasteiger partial charge in [-0.15, -0.1) is 0 Å². The molecule has 1 aromatic heterocycles. The number of hydrogen-bond acceptors (Lipinski definition) is 5. The molecular formula is C8H13N3OS. The number of aliphatic hydroxyl groups excluding tert-OH is 1. The number of rotatable bonds is 1. The highest BCUT2D eigenvalue weighted by molar-refractivity contribution is 7.19. The lowest BCUT2D eigenvalue weighted by atomic mass is 10.1. The van der Waals surface area contributed by atoms with E-state index in [-0.39, 0.29) is 6.10 Å². The number of nitrogen functional groups attached to an aromatic ring is 1. The van der Waals surface area contributed by atoms with Crippen molar-refractivity contribution in [1.82, 2.24) is 4.98 Å². The quantitative estimate of drug-likeness (QED) is 0.698. The van der Waals surface area contributed by atoms with Crippen molar-refractivity contribution in [3.63, 3.8) is 0 Å². The van der Waals surface area contributed by atoms with E-state index in [1.165, 1.54) is 11.3 Å². The van der Waals surface area contributed by atoms with Crippen LogP contribution in [0.15, 0.2) is 6.20 Å². The van der Waals surface area contributed by atoms with Gasteiger partial charge in [-0.3, -0.25) is 0 Å². The normalized spacial score (nSPS) is 23.5. The standard InChI is InChI=1S/C8H13N3OS/c9-7-4-10-8(13-7)11-3-1-2-6(12)5-11/h4,6,12H,1-3,5,9H2. The van der Waals surface area contributed by atoms with Gasteiger partial charge in [0.15, 0.2) is 5.13 Å². The third-order valence-electron chi connectivity index (χ3n) is 2.18. The highest BCUT2D eigenvalue weighted by Gasteiger charge is 2.19. The van der Waals surface area contributed by atoms with Crippen LogP contribution in [0.4, 0.5) is 10.1 Å². The molecule has 4 nitrogen and oxygen atoms in total. The maximum Gasteiger partial charge on any atom is 0.187 e. The van der Waals surface area contributed by atoms with Gasteiger partial charge in [0, 0.05) is 13.1 Å². The summed E-state index contributed by atoms with van der Waals surface area (Å²) in [6.07, 6.45) is 3.39. The number of aliphatic hydroxyl groups is 1. The van der Waals surface area contributed by atoms with Gasteiger partial charge in [0.2, 0.25) is 0 Å². The highest BCUT2D eigenvalue weighted by atomic mass is 32.1. The second-order valence-electron chi connectivity index (χ2n) is 3.29. The Bertz CT molecular complexity index is 289. The maximum atomic E-state index is 9.45. The van der Waals surface area contributed by atoms with Crippen LogP contribution >= 0.6 is 11.3 Å². The number of thiazole rings is 1. The molecule has 13 heavy (non-hydrogen) atoms. The van der Waals surface area contributed by atoms with E-state index in [0.29, 0.717) is 6.54 Å². The molecule has 0 aliphatic carbocycles. The van der Waals surface area contributed by atoms with Crippen molar-refractivity contribution < 1.29 is 5.11 Å². The average molecular weight is 199 g/mol. The third kappa shape index (κ3) is 1.92. The summed E-state index contributed by atoms with van der Waals surface area (Å²) >= 11 is 1.48. The van der Waals surface area contributed by atoms with Crippen LogP contribution in [0.25, 0.3) is 0 Å². The van der Waals surface area contributed by atoms with Gasteiger partial charge >= 0.3 is 0 Å². The molecule has 3 N–H and O–H groups in total. The van der Waals surface area contributed by atoms with E-state index in [0.717, 1.165) is 29.5 Å². The lowest BCUT2D eigenvalue weighted by molar-refractivity contribution is 0.154. The Morgan fingerprint density at radius 1 is 1.69 bits per heavy atom. The number of nitrogens with zero attached hydrogens (tertiary/aromatic N) is 2. The smallest absolute Gasteiger partial charge is 0.187 e. The molecule has 1 saturated heterocycles. The number of anilines is 2. The van der Waals surface area contributed by atoms with E-state index < -0.39 is 0 Å². The van der Waals surface area contributed by atoms with Crippen LogP contribution in [0.1, 0.15) is 12.8 Å². The molecule has 0 amide bonds. The van der Waals surface area contributed by atoms with Gasteiger partial charge in [-0.25, -0.2) is 4.98 Å². The van der Waals surface area contributed by atoms with Gasteiger partial charge in [0.25, 0.3) is 0 Å². The zero-order valence-corrected chi connectivity index (χ0v) is 8.13. The van der Waals surface area contributed by atoms with Crippen LogP contribution in [0.2, 0.25) is 0 Å². The van der Waals surface area contributed by atoms with Crippen LogP contribution < -0.4 is 10.6 Å². The lowest BCUT2D eigenvalue weighted by Crippen LogP contribution is -2.38. The minimum Gasteiger partial charge on any atom is -0.391 e. The average Bonchev–Trinajstić information content (AvgIpc) is 2.52. The zero-order valence-electron chi connectivity index (χ0n) is 7.31. The predicted molar refractivity (Wildman–Crippen MR) is 54.0 cm³/mol. The zero-order chi connectivity index (χ0) is 9.26. The molecule has 1 aromatic rings.